The van der Waals surface area contributed by atoms with Crippen molar-refractivity contribution in [3.63, 3.8) is 0 Å². The van der Waals surface area contributed by atoms with E-state index >= 15 is 0 Å². The molecule has 0 spiro atoms. The van der Waals surface area contributed by atoms with Gasteiger partial charge in [0.2, 0.25) is 0 Å². The summed E-state index contributed by atoms with van der Waals surface area (Å²) >= 11 is 0. The number of benzene rings is 1. The molecule has 0 aliphatic rings. The number of carbonyl (C=O) groups excluding carboxylic acids is 1. The summed E-state index contributed by atoms with van der Waals surface area (Å²) in [6, 6.07) is 7.64. The van der Waals surface area contributed by atoms with Gasteiger partial charge in [0.15, 0.2) is 0 Å². The predicted molar refractivity (Wildman–Crippen MR) is 61.5 cm³/mol. The van der Waals surface area contributed by atoms with E-state index in [2.05, 4.69) is 9.47 Å². The van der Waals surface area contributed by atoms with Gasteiger partial charge in [-0.15, -0.1) is 0 Å². The minimum absolute atomic E-state index is 0.301. The van der Waals surface area contributed by atoms with E-state index in [1.807, 2.05) is 24.3 Å². The molecule has 0 fully saturated rings. The van der Waals surface area contributed by atoms with Gasteiger partial charge < -0.3 is 15.2 Å². The highest BCUT2D eigenvalue weighted by atomic mass is 16.7. The predicted octanol–water partition coefficient (Wildman–Crippen LogP) is 2.29. The Bertz CT molecular complexity index is 374. The van der Waals surface area contributed by atoms with Gasteiger partial charge in [0.05, 0.1) is 12.9 Å². The molecular weight excluding hydrogens is 206 g/mol. The van der Waals surface area contributed by atoms with Crippen molar-refractivity contribution >= 4 is 12.2 Å². The van der Waals surface area contributed by atoms with Crippen molar-refractivity contribution in [3.8, 4) is 0 Å². The van der Waals surface area contributed by atoms with E-state index in [1.54, 1.807) is 13.0 Å². The smallest absolute Gasteiger partial charge is 0.434 e. The van der Waals surface area contributed by atoms with Crippen LogP contribution in [0.4, 0.5) is 4.79 Å². The summed E-state index contributed by atoms with van der Waals surface area (Å²) in [4.78, 5) is 10.8. The average molecular weight is 221 g/mol. The standard InChI is InChI=1S/C12H15NO3/c1-2-15-12(14)16-7-6-10-4-3-5-11(8-10)9-13/h3-8H,2,9,13H2,1H3/b7-6+. The van der Waals surface area contributed by atoms with E-state index in [-0.39, 0.29) is 0 Å². The molecule has 0 aliphatic carbocycles. The normalized spacial score (nSPS) is 10.4. The van der Waals surface area contributed by atoms with Gasteiger partial charge in [-0.05, 0) is 24.1 Å². The fourth-order valence-electron chi connectivity index (χ4n) is 1.14. The Morgan fingerprint density at radius 2 is 2.31 bits per heavy atom. The molecule has 0 atom stereocenters. The summed E-state index contributed by atoms with van der Waals surface area (Å²) in [5, 5.41) is 0. The van der Waals surface area contributed by atoms with Gasteiger partial charge in [-0.2, -0.15) is 0 Å². The van der Waals surface area contributed by atoms with Crippen LogP contribution in [0.15, 0.2) is 30.5 Å². The lowest BCUT2D eigenvalue weighted by Crippen LogP contribution is -2.02. The quantitative estimate of drug-likeness (QED) is 0.626. The van der Waals surface area contributed by atoms with E-state index in [4.69, 9.17) is 5.73 Å². The molecular formula is C12H15NO3. The molecule has 0 radical (unpaired) electrons. The molecule has 0 unspecified atom stereocenters. The van der Waals surface area contributed by atoms with Crippen molar-refractivity contribution < 1.29 is 14.3 Å². The molecule has 86 valence electrons. The number of rotatable bonds is 4. The number of hydrogen-bond donors (Lipinski definition) is 1. The highest BCUT2D eigenvalue weighted by Gasteiger charge is 1.97. The first-order chi connectivity index (χ1) is 7.76. The Balaban J connectivity index is 2.52. The van der Waals surface area contributed by atoms with Crippen LogP contribution in [0.25, 0.3) is 6.08 Å². The first-order valence-electron chi connectivity index (χ1n) is 5.05. The molecule has 0 bridgehead atoms. The van der Waals surface area contributed by atoms with Crippen LogP contribution in [0.1, 0.15) is 18.1 Å². The lowest BCUT2D eigenvalue weighted by molar-refractivity contribution is 0.0899. The monoisotopic (exact) mass is 221 g/mol. The van der Waals surface area contributed by atoms with Crippen LogP contribution in [0.2, 0.25) is 0 Å². The molecule has 1 rings (SSSR count). The topological polar surface area (TPSA) is 61.5 Å². The molecule has 0 amide bonds. The van der Waals surface area contributed by atoms with Crippen molar-refractivity contribution in [2.24, 2.45) is 5.73 Å². The number of nitrogens with two attached hydrogens (primary N) is 1. The van der Waals surface area contributed by atoms with Crippen molar-refractivity contribution in [3.05, 3.63) is 41.7 Å². The average Bonchev–Trinajstić information content (AvgIpc) is 2.30. The number of carbonyl (C=O) groups is 1. The van der Waals surface area contributed by atoms with Crippen LogP contribution in [-0.2, 0) is 16.0 Å². The first kappa shape index (κ1) is 12.3. The zero-order valence-electron chi connectivity index (χ0n) is 9.18. The number of hydrogen-bond acceptors (Lipinski definition) is 4. The third-order valence-corrected chi connectivity index (χ3v) is 1.87. The van der Waals surface area contributed by atoms with Crippen LogP contribution in [0.3, 0.4) is 0 Å². The lowest BCUT2D eigenvalue weighted by Gasteiger charge is -1.99. The van der Waals surface area contributed by atoms with Gasteiger partial charge in [-0.1, -0.05) is 24.3 Å². The van der Waals surface area contributed by atoms with Crippen molar-refractivity contribution in [1.82, 2.24) is 0 Å². The second-order valence-electron chi connectivity index (χ2n) is 3.05. The van der Waals surface area contributed by atoms with Crippen LogP contribution < -0.4 is 5.73 Å². The summed E-state index contributed by atoms with van der Waals surface area (Å²) in [7, 11) is 0. The van der Waals surface area contributed by atoms with E-state index in [1.165, 1.54) is 6.26 Å². The maximum absolute atomic E-state index is 10.8. The summed E-state index contributed by atoms with van der Waals surface area (Å²) in [6.45, 7) is 2.51. The Labute approximate surface area is 94.7 Å². The molecule has 0 heterocycles. The minimum atomic E-state index is -0.700. The van der Waals surface area contributed by atoms with Gasteiger partial charge in [-0.3, -0.25) is 0 Å². The molecule has 0 saturated heterocycles. The molecule has 0 aliphatic heterocycles. The Morgan fingerprint density at radius 3 is 3.00 bits per heavy atom. The summed E-state index contributed by atoms with van der Waals surface area (Å²) in [5.41, 5.74) is 7.46. The van der Waals surface area contributed by atoms with E-state index in [0.717, 1.165) is 11.1 Å². The SMILES string of the molecule is CCOC(=O)O/C=C/c1cccc(CN)c1. The Hall–Kier alpha value is -1.81. The molecule has 1 aromatic carbocycles. The van der Waals surface area contributed by atoms with Crippen molar-refractivity contribution in [2.45, 2.75) is 13.5 Å². The third kappa shape index (κ3) is 4.14. The first-order valence-corrected chi connectivity index (χ1v) is 5.05. The molecule has 4 nitrogen and oxygen atoms in total. The molecule has 16 heavy (non-hydrogen) atoms. The molecule has 2 N–H and O–H groups in total. The molecule has 0 saturated carbocycles. The lowest BCUT2D eigenvalue weighted by atomic mass is 10.1. The van der Waals surface area contributed by atoms with Crippen LogP contribution in [0.5, 0.6) is 0 Å². The van der Waals surface area contributed by atoms with Crippen LogP contribution in [0, 0.1) is 0 Å². The van der Waals surface area contributed by atoms with Crippen LogP contribution >= 0.6 is 0 Å². The fourth-order valence-corrected chi connectivity index (χ4v) is 1.14. The Kier molecular flexibility index (Phi) is 5.08. The Morgan fingerprint density at radius 1 is 1.50 bits per heavy atom. The van der Waals surface area contributed by atoms with E-state index < -0.39 is 6.16 Å². The second-order valence-corrected chi connectivity index (χ2v) is 3.05. The summed E-state index contributed by atoms with van der Waals surface area (Å²) in [6.07, 6.45) is 2.28. The van der Waals surface area contributed by atoms with Gasteiger partial charge in [0, 0.05) is 6.54 Å². The second kappa shape index (κ2) is 6.63. The largest absolute Gasteiger partial charge is 0.513 e. The van der Waals surface area contributed by atoms with Crippen LogP contribution in [-0.4, -0.2) is 12.8 Å². The van der Waals surface area contributed by atoms with Gasteiger partial charge >= 0.3 is 6.16 Å². The molecule has 1 aromatic rings. The van der Waals surface area contributed by atoms with Gasteiger partial charge in [-0.25, -0.2) is 4.79 Å². The van der Waals surface area contributed by atoms with Crippen molar-refractivity contribution in [2.75, 3.05) is 6.61 Å². The fraction of sp³-hybridized carbons (Fsp3) is 0.250. The highest BCUT2D eigenvalue weighted by Crippen LogP contribution is 2.06. The highest BCUT2D eigenvalue weighted by molar-refractivity contribution is 5.62. The molecule has 4 heteroatoms. The van der Waals surface area contributed by atoms with Gasteiger partial charge in [0.25, 0.3) is 0 Å². The third-order valence-electron chi connectivity index (χ3n) is 1.87. The number of ether oxygens (including phenoxy) is 2. The maximum atomic E-state index is 10.8. The zero-order valence-corrected chi connectivity index (χ0v) is 9.18. The maximum Gasteiger partial charge on any atom is 0.513 e. The molecule has 0 aromatic heterocycles. The minimum Gasteiger partial charge on any atom is -0.434 e. The van der Waals surface area contributed by atoms with Gasteiger partial charge in [0.1, 0.15) is 0 Å². The van der Waals surface area contributed by atoms with Crippen molar-refractivity contribution in [1.29, 1.82) is 0 Å². The van der Waals surface area contributed by atoms with E-state index in [9.17, 15) is 4.79 Å². The van der Waals surface area contributed by atoms with E-state index in [0.29, 0.717) is 13.2 Å². The zero-order chi connectivity index (χ0) is 11.8. The summed E-state index contributed by atoms with van der Waals surface area (Å²) < 4.78 is 9.28. The summed E-state index contributed by atoms with van der Waals surface area (Å²) in [5.74, 6) is 0.